The van der Waals surface area contributed by atoms with Crippen LogP contribution in [0.15, 0.2) is 57.0 Å². The van der Waals surface area contributed by atoms with Gasteiger partial charge in [-0.25, -0.2) is 0 Å². The van der Waals surface area contributed by atoms with Gasteiger partial charge in [-0.3, -0.25) is 0 Å². The molecule has 1 heterocycles. The van der Waals surface area contributed by atoms with Crippen molar-refractivity contribution in [2.75, 3.05) is 0 Å². The Balaban J connectivity index is 2.05. The van der Waals surface area contributed by atoms with Gasteiger partial charge in [-0.05, 0) is 31.5 Å². The van der Waals surface area contributed by atoms with E-state index in [1.807, 2.05) is 6.92 Å². The number of hydrogen-bond acceptors (Lipinski definition) is 4. The van der Waals surface area contributed by atoms with Gasteiger partial charge in [-0.1, -0.05) is 40.4 Å². The van der Waals surface area contributed by atoms with Crippen LogP contribution >= 0.6 is 0 Å². The molecule has 3 aromatic rings. The standard InChI is InChI=1S/C16H15N3O3S/c1-10-7-8-14(11(2)9-10)23(21,22)19-18-15-12-5-3-4-6-13(12)17-16(15)20/h3-9,17,20H,1-2H3. The lowest BCUT2D eigenvalue weighted by molar-refractivity contribution is 0.459. The Hall–Kier alpha value is -2.67. The van der Waals surface area contributed by atoms with Crippen molar-refractivity contribution in [2.24, 2.45) is 9.63 Å². The van der Waals surface area contributed by atoms with Gasteiger partial charge in [0, 0.05) is 5.39 Å². The summed E-state index contributed by atoms with van der Waals surface area (Å²) in [7, 11) is -3.94. The van der Waals surface area contributed by atoms with Crippen LogP contribution in [0, 0.1) is 13.8 Å². The number of aromatic nitrogens is 1. The molecular formula is C16H15N3O3S. The fourth-order valence-electron chi connectivity index (χ4n) is 2.44. The number of para-hydroxylation sites is 1. The van der Waals surface area contributed by atoms with Gasteiger partial charge < -0.3 is 10.1 Å². The van der Waals surface area contributed by atoms with Gasteiger partial charge in [-0.2, -0.15) is 8.42 Å². The van der Waals surface area contributed by atoms with Crippen LogP contribution in [0.4, 0.5) is 5.69 Å². The van der Waals surface area contributed by atoms with Crippen LogP contribution in [0.2, 0.25) is 0 Å². The van der Waals surface area contributed by atoms with E-state index in [0.717, 1.165) is 5.56 Å². The van der Waals surface area contributed by atoms with Crippen LogP contribution in [0.3, 0.4) is 0 Å². The summed E-state index contributed by atoms with van der Waals surface area (Å²) in [6, 6.07) is 12.0. The molecule has 0 unspecified atom stereocenters. The van der Waals surface area contributed by atoms with Crippen LogP contribution in [0.5, 0.6) is 5.88 Å². The zero-order valence-corrected chi connectivity index (χ0v) is 13.4. The van der Waals surface area contributed by atoms with Gasteiger partial charge in [0.25, 0.3) is 10.0 Å². The number of fused-ring (bicyclic) bond motifs is 1. The van der Waals surface area contributed by atoms with Gasteiger partial charge in [0.15, 0.2) is 5.69 Å². The maximum absolute atomic E-state index is 12.4. The zero-order valence-electron chi connectivity index (χ0n) is 12.6. The van der Waals surface area contributed by atoms with Crippen LogP contribution < -0.4 is 0 Å². The maximum atomic E-state index is 12.4. The average molecular weight is 329 g/mol. The van der Waals surface area contributed by atoms with E-state index in [1.54, 1.807) is 43.3 Å². The molecule has 0 aliphatic heterocycles. The van der Waals surface area contributed by atoms with E-state index in [4.69, 9.17) is 0 Å². The van der Waals surface area contributed by atoms with E-state index in [9.17, 15) is 13.5 Å². The Labute approximate surface area is 133 Å². The molecule has 23 heavy (non-hydrogen) atoms. The molecule has 0 atom stereocenters. The molecule has 0 aliphatic carbocycles. The first kappa shape index (κ1) is 15.2. The second-order valence-electron chi connectivity index (χ2n) is 5.29. The number of rotatable bonds is 3. The normalized spacial score (nSPS) is 12.3. The minimum atomic E-state index is -3.94. The molecule has 0 fully saturated rings. The van der Waals surface area contributed by atoms with Crippen molar-refractivity contribution in [3.05, 3.63) is 53.6 Å². The van der Waals surface area contributed by atoms with E-state index < -0.39 is 10.0 Å². The van der Waals surface area contributed by atoms with E-state index in [0.29, 0.717) is 16.5 Å². The predicted molar refractivity (Wildman–Crippen MR) is 87.6 cm³/mol. The zero-order chi connectivity index (χ0) is 16.6. The highest BCUT2D eigenvalue weighted by Crippen LogP contribution is 2.35. The highest BCUT2D eigenvalue weighted by Gasteiger charge is 2.17. The third-order valence-electron chi connectivity index (χ3n) is 3.52. The quantitative estimate of drug-likeness (QED) is 0.712. The lowest BCUT2D eigenvalue weighted by Gasteiger charge is -2.03. The largest absolute Gasteiger partial charge is 0.493 e. The van der Waals surface area contributed by atoms with Crippen molar-refractivity contribution in [1.82, 2.24) is 4.98 Å². The van der Waals surface area contributed by atoms with Crippen molar-refractivity contribution in [1.29, 1.82) is 0 Å². The van der Waals surface area contributed by atoms with Crippen molar-refractivity contribution >= 4 is 26.6 Å². The van der Waals surface area contributed by atoms with Crippen molar-refractivity contribution in [2.45, 2.75) is 18.7 Å². The smallest absolute Gasteiger partial charge is 0.300 e. The SMILES string of the molecule is Cc1ccc(S(=O)(=O)N=Nc2c(O)[nH]c3ccccc23)c(C)c1. The predicted octanol–water partition coefficient (Wildman–Crippen LogP) is 3.96. The maximum Gasteiger partial charge on any atom is 0.300 e. The van der Waals surface area contributed by atoms with Gasteiger partial charge in [0.05, 0.1) is 10.4 Å². The van der Waals surface area contributed by atoms with Crippen molar-refractivity contribution < 1.29 is 13.5 Å². The second-order valence-corrected chi connectivity index (χ2v) is 6.85. The van der Waals surface area contributed by atoms with E-state index in [-0.39, 0.29) is 16.5 Å². The number of nitrogens with zero attached hydrogens (tertiary/aromatic N) is 2. The average Bonchev–Trinajstić information content (AvgIpc) is 2.80. The van der Waals surface area contributed by atoms with Crippen LogP contribution in [0.25, 0.3) is 10.9 Å². The molecular weight excluding hydrogens is 314 g/mol. The van der Waals surface area contributed by atoms with Gasteiger partial charge in [0.2, 0.25) is 5.88 Å². The highest BCUT2D eigenvalue weighted by molar-refractivity contribution is 7.90. The number of nitrogens with one attached hydrogen (secondary N) is 1. The van der Waals surface area contributed by atoms with Crippen LogP contribution in [-0.2, 0) is 10.0 Å². The van der Waals surface area contributed by atoms with E-state index in [2.05, 4.69) is 14.6 Å². The summed E-state index contributed by atoms with van der Waals surface area (Å²) in [6.07, 6.45) is 0. The topological polar surface area (TPSA) is 94.9 Å². The first-order valence-electron chi connectivity index (χ1n) is 6.93. The number of benzene rings is 2. The number of aromatic hydroxyl groups is 1. The molecule has 2 aromatic carbocycles. The van der Waals surface area contributed by atoms with Gasteiger partial charge >= 0.3 is 0 Å². The second kappa shape index (κ2) is 5.51. The molecule has 0 spiro atoms. The highest BCUT2D eigenvalue weighted by atomic mass is 32.2. The molecule has 2 N–H and O–H groups in total. The summed E-state index contributed by atoms with van der Waals surface area (Å²) in [5, 5.41) is 14.3. The van der Waals surface area contributed by atoms with E-state index in [1.165, 1.54) is 6.07 Å². The van der Waals surface area contributed by atoms with Crippen LogP contribution in [-0.4, -0.2) is 18.5 Å². The molecule has 0 saturated carbocycles. The Kier molecular flexibility index (Phi) is 3.65. The Morgan fingerprint density at radius 3 is 2.57 bits per heavy atom. The molecule has 118 valence electrons. The van der Waals surface area contributed by atoms with Crippen LogP contribution in [0.1, 0.15) is 11.1 Å². The Morgan fingerprint density at radius 2 is 1.83 bits per heavy atom. The minimum absolute atomic E-state index is 0.103. The van der Waals surface area contributed by atoms with E-state index >= 15 is 0 Å². The third kappa shape index (κ3) is 2.83. The lowest BCUT2D eigenvalue weighted by Crippen LogP contribution is -1.99. The number of aromatic amines is 1. The molecule has 0 bridgehead atoms. The molecule has 3 rings (SSSR count). The number of H-pyrrole nitrogens is 1. The fourth-order valence-corrected chi connectivity index (χ4v) is 3.42. The minimum Gasteiger partial charge on any atom is -0.493 e. The summed E-state index contributed by atoms with van der Waals surface area (Å²) in [5.41, 5.74) is 2.33. The number of aryl methyl sites for hydroxylation is 2. The first-order chi connectivity index (χ1) is 10.9. The molecule has 0 amide bonds. The summed E-state index contributed by atoms with van der Waals surface area (Å²) < 4.78 is 28.2. The van der Waals surface area contributed by atoms with Crippen molar-refractivity contribution in [3.63, 3.8) is 0 Å². The Bertz CT molecular complexity index is 1020. The monoisotopic (exact) mass is 329 g/mol. The lowest BCUT2D eigenvalue weighted by atomic mass is 10.2. The molecule has 1 aromatic heterocycles. The summed E-state index contributed by atoms with van der Waals surface area (Å²) in [5.74, 6) is -0.217. The summed E-state index contributed by atoms with van der Waals surface area (Å²) >= 11 is 0. The molecule has 0 radical (unpaired) electrons. The summed E-state index contributed by atoms with van der Waals surface area (Å²) in [4.78, 5) is 2.83. The molecule has 6 nitrogen and oxygen atoms in total. The summed E-state index contributed by atoms with van der Waals surface area (Å²) in [6.45, 7) is 3.59. The first-order valence-corrected chi connectivity index (χ1v) is 8.37. The molecule has 7 heteroatoms. The van der Waals surface area contributed by atoms with Gasteiger partial charge in [-0.15, -0.1) is 5.11 Å². The number of hydrogen-bond donors (Lipinski definition) is 2. The molecule has 0 saturated heterocycles. The Morgan fingerprint density at radius 1 is 1.09 bits per heavy atom. The number of sulfonamides is 1. The molecule has 0 aliphatic rings. The fraction of sp³-hybridized carbons (Fsp3) is 0.125. The van der Waals surface area contributed by atoms with Crippen molar-refractivity contribution in [3.8, 4) is 5.88 Å². The third-order valence-corrected chi connectivity index (χ3v) is 4.83. The van der Waals surface area contributed by atoms with Gasteiger partial charge in [0.1, 0.15) is 0 Å².